The highest BCUT2D eigenvalue weighted by atomic mass is 32.2. The number of aromatic nitrogens is 4. The van der Waals surface area contributed by atoms with E-state index in [2.05, 4.69) is 40.5 Å². The van der Waals surface area contributed by atoms with Crippen molar-refractivity contribution in [2.75, 3.05) is 36.4 Å². The van der Waals surface area contributed by atoms with Crippen molar-refractivity contribution in [2.24, 2.45) is 0 Å². The third-order valence-corrected chi connectivity index (χ3v) is 4.54. The predicted molar refractivity (Wildman–Crippen MR) is 92.8 cm³/mol. The largest absolute Gasteiger partial charge is 0.338 e. The molecule has 0 unspecified atom stereocenters. The van der Waals surface area contributed by atoms with E-state index in [9.17, 15) is 4.79 Å². The minimum Gasteiger partial charge on any atom is -0.338 e. The molecule has 25 heavy (non-hydrogen) atoms. The fourth-order valence-corrected chi connectivity index (χ4v) is 3.13. The van der Waals surface area contributed by atoms with Gasteiger partial charge >= 0.3 is 0 Å². The van der Waals surface area contributed by atoms with E-state index in [1.54, 1.807) is 18.5 Å². The van der Waals surface area contributed by atoms with Gasteiger partial charge in [-0.3, -0.25) is 4.79 Å². The van der Waals surface area contributed by atoms with Gasteiger partial charge in [0.15, 0.2) is 0 Å². The summed E-state index contributed by atoms with van der Waals surface area (Å²) in [6, 6.07) is 3.74. The second-order valence-electron chi connectivity index (χ2n) is 5.33. The molecule has 1 N–H and O–H groups in total. The molecule has 1 aliphatic heterocycles. The van der Waals surface area contributed by atoms with E-state index in [1.165, 1.54) is 11.9 Å². The Labute approximate surface area is 149 Å². The van der Waals surface area contributed by atoms with Gasteiger partial charge in [0.25, 0.3) is 0 Å². The van der Waals surface area contributed by atoms with E-state index in [0.29, 0.717) is 28.9 Å². The van der Waals surface area contributed by atoms with Gasteiger partial charge in [-0.15, -0.1) is 0 Å². The Morgan fingerprint density at radius 3 is 2.60 bits per heavy atom. The second kappa shape index (κ2) is 7.87. The van der Waals surface area contributed by atoms with Crippen LogP contribution < -0.4 is 10.2 Å². The third-order valence-electron chi connectivity index (χ3n) is 3.54. The van der Waals surface area contributed by atoms with Crippen LogP contribution in [0, 0.1) is 18.3 Å². The molecule has 0 saturated carbocycles. The van der Waals surface area contributed by atoms with Crippen molar-refractivity contribution in [3.8, 4) is 6.07 Å². The maximum absolute atomic E-state index is 10.4. The summed E-state index contributed by atoms with van der Waals surface area (Å²) in [6.45, 7) is 4.96. The molecule has 2 aromatic rings. The van der Waals surface area contributed by atoms with Crippen LogP contribution in [0.3, 0.4) is 0 Å². The first-order valence-electron chi connectivity index (χ1n) is 7.64. The monoisotopic (exact) mass is 356 g/mol. The Hall–Kier alpha value is -2.77. The third kappa shape index (κ3) is 4.40. The zero-order valence-electron chi connectivity index (χ0n) is 13.6. The Morgan fingerprint density at radius 1 is 1.24 bits per heavy atom. The van der Waals surface area contributed by atoms with Crippen LogP contribution in [0.15, 0.2) is 23.6 Å². The highest BCUT2D eigenvalue weighted by molar-refractivity contribution is 7.96. The van der Waals surface area contributed by atoms with Crippen molar-refractivity contribution < 1.29 is 4.79 Å². The molecule has 1 aliphatic rings. The second-order valence-corrected chi connectivity index (χ2v) is 6.39. The minimum atomic E-state index is 0.386. The smallest absolute Gasteiger partial charge is 0.226 e. The minimum absolute atomic E-state index is 0.386. The number of rotatable bonds is 5. The van der Waals surface area contributed by atoms with Gasteiger partial charge < -0.3 is 10.2 Å². The molecule has 0 spiro atoms. The molecule has 128 valence electrons. The molecule has 0 aliphatic carbocycles. The lowest BCUT2D eigenvalue weighted by Crippen LogP contribution is -2.44. The van der Waals surface area contributed by atoms with Crippen LogP contribution >= 0.6 is 11.9 Å². The molecular weight excluding hydrogens is 340 g/mol. The molecule has 0 aromatic carbocycles. The van der Waals surface area contributed by atoms with Gasteiger partial charge in [-0.25, -0.2) is 24.2 Å². The number of anilines is 2. The van der Waals surface area contributed by atoms with E-state index in [4.69, 9.17) is 5.26 Å². The van der Waals surface area contributed by atoms with Crippen molar-refractivity contribution in [3.63, 3.8) is 0 Å². The number of nitrogens with zero attached hydrogens (tertiary/aromatic N) is 7. The molecule has 0 radical (unpaired) electrons. The first-order valence-corrected chi connectivity index (χ1v) is 8.41. The number of carbonyl (C=O) groups is 1. The van der Waals surface area contributed by atoms with E-state index in [0.717, 1.165) is 31.9 Å². The lowest BCUT2D eigenvalue weighted by molar-refractivity contribution is -0.105. The fourth-order valence-electron chi connectivity index (χ4n) is 2.35. The summed E-state index contributed by atoms with van der Waals surface area (Å²) >= 11 is 1.47. The Kier molecular flexibility index (Phi) is 5.37. The predicted octanol–water partition coefficient (Wildman–Crippen LogP) is 0.844. The standard InChI is InChI=1S/C15H16N8OS/c1-11-6-12(7-16)21-14(20-11)22-2-4-23(5-3-22)25-15-17-8-13(9-18-15)19-10-24/h6,8-10H,2-5H2,1H3,(H,19,24). The van der Waals surface area contributed by atoms with Crippen LogP contribution in [0.2, 0.25) is 0 Å². The van der Waals surface area contributed by atoms with Crippen LogP contribution in [0.25, 0.3) is 0 Å². The van der Waals surface area contributed by atoms with Crippen molar-refractivity contribution >= 4 is 30.0 Å². The molecule has 0 atom stereocenters. The van der Waals surface area contributed by atoms with Crippen LogP contribution in [0.4, 0.5) is 11.6 Å². The number of nitrogens with one attached hydrogen (secondary N) is 1. The number of aryl methyl sites for hydroxylation is 1. The van der Waals surface area contributed by atoms with Gasteiger partial charge in [0, 0.05) is 31.9 Å². The van der Waals surface area contributed by atoms with Gasteiger partial charge in [-0.05, 0) is 24.9 Å². The number of piperazine rings is 1. The van der Waals surface area contributed by atoms with Gasteiger partial charge in [0.2, 0.25) is 17.5 Å². The number of hydrogen-bond acceptors (Lipinski definition) is 9. The summed E-state index contributed by atoms with van der Waals surface area (Å²) in [5, 5.41) is 12.2. The number of carbonyl (C=O) groups excluding carboxylic acids is 1. The average Bonchev–Trinajstić information content (AvgIpc) is 2.63. The van der Waals surface area contributed by atoms with E-state index in [-0.39, 0.29) is 0 Å². The molecule has 1 fully saturated rings. The van der Waals surface area contributed by atoms with Crippen molar-refractivity contribution in [2.45, 2.75) is 12.1 Å². The summed E-state index contributed by atoms with van der Waals surface area (Å²) in [5.41, 5.74) is 1.74. The highest BCUT2D eigenvalue weighted by Gasteiger charge is 2.21. The lowest BCUT2D eigenvalue weighted by Gasteiger charge is -2.33. The lowest BCUT2D eigenvalue weighted by atomic mass is 10.3. The zero-order valence-corrected chi connectivity index (χ0v) is 14.4. The van der Waals surface area contributed by atoms with E-state index < -0.39 is 0 Å². The maximum atomic E-state index is 10.4. The van der Waals surface area contributed by atoms with Gasteiger partial charge in [-0.1, -0.05) is 0 Å². The molecule has 1 amide bonds. The topological polar surface area (TPSA) is 111 Å². The molecule has 3 rings (SSSR count). The summed E-state index contributed by atoms with van der Waals surface area (Å²) in [7, 11) is 0. The molecule has 10 heteroatoms. The Morgan fingerprint density at radius 2 is 1.96 bits per heavy atom. The zero-order chi connectivity index (χ0) is 17.6. The SMILES string of the molecule is Cc1cc(C#N)nc(N2CCN(Sc3ncc(NC=O)cn3)CC2)n1. The molecule has 9 nitrogen and oxygen atoms in total. The average molecular weight is 356 g/mol. The van der Waals surface area contributed by atoms with Crippen molar-refractivity contribution in [1.29, 1.82) is 5.26 Å². The van der Waals surface area contributed by atoms with Gasteiger partial charge in [-0.2, -0.15) is 5.26 Å². The first-order chi connectivity index (χ1) is 12.2. The van der Waals surface area contributed by atoms with E-state index >= 15 is 0 Å². The fraction of sp³-hybridized carbons (Fsp3) is 0.333. The Bertz CT molecular complexity index is 783. The normalized spacial score (nSPS) is 14.8. The molecular formula is C15H16N8OS. The van der Waals surface area contributed by atoms with Crippen molar-refractivity contribution in [3.05, 3.63) is 29.8 Å². The molecule has 2 aromatic heterocycles. The van der Waals surface area contributed by atoms with E-state index in [1.807, 2.05) is 6.92 Å². The quantitative estimate of drug-likeness (QED) is 0.473. The number of hydrogen-bond donors (Lipinski definition) is 1. The van der Waals surface area contributed by atoms with Gasteiger partial charge in [0.1, 0.15) is 11.8 Å². The van der Waals surface area contributed by atoms with Crippen LogP contribution in [0.1, 0.15) is 11.4 Å². The Balaban J connectivity index is 1.57. The molecule has 3 heterocycles. The van der Waals surface area contributed by atoms with Crippen molar-refractivity contribution in [1.82, 2.24) is 24.2 Å². The summed E-state index contributed by atoms with van der Waals surface area (Å²) in [5.74, 6) is 0.599. The van der Waals surface area contributed by atoms with Crippen LogP contribution in [-0.2, 0) is 4.79 Å². The summed E-state index contributed by atoms with van der Waals surface area (Å²) < 4.78 is 2.17. The van der Waals surface area contributed by atoms with Crippen LogP contribution in [0.5, 0.6) is 0 Å². The summed E-state index contributed by atoms with van der Waals surface area (Å²) in [4.78, 5) is 29.6. The molecule has 1 saturated heterocycles. The molecule has 0 bridgehead atoms. The summed E-state index contributed by atoms with van der Waals surface area (Å²) in [6.07, 6.45) is 3.74. The number of nitriles is 1. The maximum Gasteiger partial charge on any atom is 0.226 e. The first kappa shape index (κ1) is 17.1. The van der Waals surface area contributed by atoms with Gasteiger partial charge in [0.05, 0.1) is 18.1 Å². The highest BCUT2D eigenvalue weighted by Crippen LogP contribution is 2.22. The van der Waals surface area contributed by atoms with Crippen LogP contribution in [-0.4, -0.2) is 56.8 Å². The number of amides is 1.